The van der Waals surface area contributed by atoms with Crippen molar-refractivity contribution in [2.75, 3.05) is 13.7 Å². The second-order valence-electron chi connectivity index (χ2n) is 8.11. The van der Waals surface area contributed by atoms with Gasteiger partial charge in [-0.25, -0.2) is 17.9 Å². The van der Waals surface area contributed by atoms with Crippen LogP contribution in [0.25, 0.3) is 11.1 Å². The third-order valence-corrected chi connectivity index (χ3v) is 7.93. The van der Waals surface area contributed by atoms with E-state index in [0.29, 0.717) is 32.2 Å². The first-order chi connectivity index (χ1) is 14.5. The van der Waals surface area contributed by atoms with Crippen molar-refractivity contribution in [2.24, 2.45) is 0 Å². The van der Waals surface area contributed by atoms with Crippen LogP contribution in [0.3, 0.4) is 0 Å². The zero-order chi connectivity index (χ0) is 21.1. The molecule has 2 aromatic carbocycles. The van der Waals surface area contributed by atoms with E-state index in [2.05, 4.69) is 29.0 Å². The van der Waals surface area contributed by atoms with Gasteiger partial charge in [-0.1, -0.05) is 54.6 Å². The molecule has 2 unspecified atom stereocenters. The molecule has 4 rings (SSSR count). The second kappa shape index (κ2) is 8.78. The van der Waals surface area contributed by atoms with Gasteiger partial charge in [-0.05, 0) is 48.8 Å². The van der Waals surface area contributed by atoms with Crippen LogP contribution in [-0.4, -0.2) is 50.4 Å². The lowest BCUT2D eigenvalue weighted by Crippen LogP contribution is -2.58. The summed E-state index contributed by atoms with van der Waals surface area (Å²) in [7, 11) is -1.98. The fourth-order valence-corrected chi connectivity index (χ4v) is 5.87. The lowest BCUT2D eigenvalue weighted by molar-refractivity contribution is 0.0792. The van der Waals surface area contributed by atoms with E-state index < -0.39 is 16.1 Å². The van der Waals surface area contributed by atoms with Gasteiger partial charge in [0.2, 0.25) is 10.0 Å². The molecule has 1 saturated carbocycles. The van der Waals surface area contributed by atoms with Gasteiger partial charge in [0.25, 0.3) is 0 Å². The molecule has 1 N–H and O–H groups in total. The summed E-state index contributed by atoms with van der Waals surface area (Å²) in [5.74, 6) is 0. The third-order valence-electron chi connectivity index (χ3n) is 5.95. The van der Waals surface area contributed by atoms with Crippen molar-refractivity contribution in [1.82, 2.24) is 9.62 Å². The smallest absolute Gasteiger partial charge is 0.409 e. The maximum absolute atomic E-state index is 12.6. The molecule has 1 amide bonds. The van der Waals surface area contributed by atoms with E-state index in [4.69, 9.17) is 4.74 Å². The van der Waals surface area contributed by atoms with Crippen LogP contribution in [0.4, 0.5) is 4.79 Å². The normalized spacial score (nSPS) is 22.0. The number of nitrogens with one attached hydrogen (secondary N) is 1. The van der Waals surface area contributed by atoms with Gasteiger partial charge in [0.15, 0.2) is 0 Å². The van der Waals surface area contributed by atoms with Gasteiger partial charge in [0.1, 0.15) is 0 Å². The van der Waals surface area contributed by atoms with Gasteiger partial charge >= 0.3 is 6.09 Å². The summed E-state index contributed by atoms with van der Waals surface area (Å²) in [6.07, 6.45) is 3.04. The lowest BCUT2D eigenvalue weighted by atomic mass is 9.90. The van der Waals surface area contributed by atoms with Crippen molar-refractivity contribution in [3.05, 3.63) is 60.2 Å². The Morgan fingerprint density at radius 2 is 1.80 bits per heavy atom. The maximum atomic E-state index is 12.6. The Hall–Kier alpha value is -2.38. The molecule has 0 aromatic heterocycles. The molecule has 0 bridgehead atoms. The minimum absolute atomic E-state index is 0.284. The number of piperidine rings is 1. The molecule has 1 heterocycles. The summed E-state index contributed by atoms with van der Waals surface area (Å²) >= 11 is 0. The van der Waals surface area contributed by atoms with Gasteiger partial charge in [-0.2, -0.15) is 0 Å². The summed E-state index contributed by atoms with van der Waals surface area (Å²) in [5, 5.41) is -0.284. The SMILES string of the molecule is COC(=O)N1CCCC(NS(=O)(=O)C2CC2)C1Cc1cccc(-c2ccccc2)c1. The maximum Gasteiger partial charge on any atom is 0.409 e. The zero-order valence-electron chi connectivity index (χ0n) is 17.2. The highest BCUT2D eigenvalue weighted by molar-refractivity contribution is 7.90. The molecule has 6 nitrogen and oxygen atoms in total. The van der Waals surface area contributed by atoms with Crippen molar-refractivity contribution in [3.63, 3.8) is 0 Å². The number of likely N-dealkylation sites (tertiary alicyclic amines) is 1. The topological polar surface area (TPSA) is 75.7 Å². The minimum atomic E-state index is -3.35. The number of nitrogens with zero attached hydrogens (tertiary/aromatic N) is 1. The number of sulfonamides is 1. The highest BCUT2D eigenvalue weighted by Gasteiger charge is 2.41. The molecule has 0 radical (unpaired) electrons. The van der Waals surface area contributed by atoms with Gasteiger partial charge in [-0.15, -0.1) is 0 Å². The number of hydrogen-bond donors (Lipinski definition) is 1. The van der Waals surface area contributed by atoms with E-state index in [-0.39, 0.29) is 17.3 Å². The first-order valence-electron chi connectivity index (χ1n) is 10.5. The number of hydrogen-bond acceptors (Lipinski definition) is 4. The Labute approximate surface area is 178 Å². The first kappa shape index (κ1) is 20.9. The van der Waals surface area contributed by atoms with Crippen molar-refractivity contribution in [1.29, 1.82) is 0 Å². The lowest BCUT2D eigenvalue weighted by Gasteiger charge is -2.40. The van der Waals surface area contributed by atoms with Crippen LogP contribution in [0.5, 0.6) is 0 Å². The van der Waals surface area contributed by atoms with Gasteiger partial charge < -0.3 is 9.64 Å². The van der Waals surface area contributed by atoms with Crippen molar-refractivity contribution < 1.29 is 17.9 Å². The molecule has 7 heteroatoms. The molecule has 2 fully saturated rings. The minimum Gasteiger partial charge on any atom is -0.453 e. The summed E-state index contributed by atoms with van der Waals surface area (Å²) in [6.45, 7) is 0.567. The average Bonchev–Trinajstić information content (AvgIpc) is 3.61. The largest absolute Gasteiger partial charge is 0.453 e. The Bertz CT molecular complexity index is 989. The fourth-order valence-electron chi connectivity index (χ4n) is 4.23. The standard InChI is InChI=1S/C23H28N2O4S/c1-29-23(26)25-14-6-11-21(24-30(27,28)20-12-13-20)22(25)16-17-7-5-10-19(15-17)18-8-3-2-4-9-18/h2-5,7-10,15,20-22,24H,6,11-14,16H2,1H3. The Kier molecular flexibility index (Phi) is 6.11. The van der Waals surface area contributed by atoms with Crippen LogP contribution >= 0.6 is 0 Å². The molecule has 30 heavy (non-hydrogen) atoms. The van der Waals surface area contributed by atoms with E-state index in [0.717, 1.165) is 23.1 Å². The van der Waals surface area contributed by atoms with Gasteiger partial charge in [0.05, 0.1) is 18.4 Å². The Balaban J connectivity index is 1.60. The third kappa shape index (κ3) is 4.68. The number of methoxy groups -OCH3 is 1. The summed E-state index contributed by atoms with van der Waals surface area (Å²) in [5.41, 5.74) is 3.29. The van der Waals surface area contributed by atoms with Crippen LogP contribution in [0.1, 0.15) is 31.2 Å². The first-order valence-corrected chi connectivity index (χ1v) is 12.0. The number of amides is 1. The number of carbonyl (C=O) groups is 1. The molecule has 1 aliphatic carbocycles. The fraction of sp³-hybridized carbons (Fsp3) is 0.435. The van der Waals surface area contributed by atoms with Crippen LogP contribution in [0.2, 0.25) is 0 Å². The molecule has 1 saturated heterocycles. The van der Waals surface area contributed by atoms with E-state index >= 15 is 0 Å². The molecular formula is C23H28N2O4S. The van der Waals surface area contributed by atoms with Gasteiger partial charge in [0, 0.05) is 12.6 Å². The number of carbonyl (C=O) groups excluding carboxylic acids is 1. The van der Waals surface area contributed by atoms with Crippen LogP contribution in [-0.2, 0) is 21.2 Å². The number of benzene rings is 2. The average molecular weight is 429 g/mol. The summed E-state index contributed by atoms with van der Waals surface area (Å²) < 4.78 is 33.1. The van der Waals surface area contributed by atoms with Gasteiger partial charge in [-0.3, -0.25) is 0 Å². The zero-order valence-corrected chi connectivity index (χ0v) is 18.0. The second-order valence-corrected chi connectivity index (χ2v) is 10.1. The van der Waals surface area contributed by atoms with Crippen molar-refractivity contribution in [3.8, 4) is 11.1 Å². The van der Waals surface area contributed by atoms with Crippen LogP contribution in [0.15, 0.2) is 54.6 Å². The van der Waals surface area contributed by atoms with E-state index in [9.17, 15) is 13.2 Å². The predicted octanol–water partition coefficient (Wildman–Crippen LogP) is 3.58. The highest BCUT2D eigenvalue weighted by atomic mass is 32.2. The molecule has 0 spiro atoms. The Morgan fingerprint density at radius 3 is 2.50 bits per heavy atom. The molecule has 160 valence electrons. The molecule has 2 aromatic rings. The summed E-state index contributed by atoms with van der Waals surface area (Å²) in [6, 6.07) is 17.7. The molecule has 2 aliphatic rings. The quantitative estimate of drug-likeness (QED) is 0.763. The van der Waals surface area contributed by atoms with Crippen LogP contribution < -0.4 is 4.72 Å². The monoisotopic (exact) mass is 428 g/mol. The molecule has 1 aliphatic heterocycles. The summed E-state index contributed by atoms with van der Waals surface area (Å²) in [4.78, 5) is 14.1. The Morgan fingerprint density at radius 1 is 1.07 bits per heavy atom. The molecule has 2 atom stereocenters. The van der Waals surface area contributed by atoms with Crippen LogP contribution in [0, 0.1) is 0 Å². The number of ether oxygens (including phenoxy) is 1. The van der Waals surface area contributed by atoms with Crippen molar-refractivity contribution in [2.45, 2.75) is 49.4 Å². The van der Waals surface area contributed by atoms with E-state index in [1.807, 2.05) is 30.3 Å². The molecular weight excluding hydrogens is 400 g/mol. The predicted molar refractivity (Wildman–Crippen MR) is 117 cm³/mol. The van der Waals surface area contributed by atoms with Crippen molar-refractivity contribution >= 4 is 16.1 Å². The van der Waals surface area contributed by atoms with E-state index in [1.165, 1.54) is 7.11 Å². The number of rotatable bonds is 6. The highest BCUT2D eigenvalue weighted by Crippen LogP contribution is 2.30. The van der Waals surface area contributed by atoms with E-state index in [1.54, 1.807) is 4.90 Å².